The van der Waals surface area contributed by atoms with Crippen LogP contribution in [-0.4, -0.2) is 45.4 Å². The number of phenols is 1. The first-order valence-corrected chi connectivity index (χ1v) is 10.7. The first kappa shape index (κ1) is 18.9. The van der Waals surface area contributed by atoms with Gasteiger partial charge in [-0.25, -0.2) is 4.98 Å². The lowest BCUT2D eigenvalue weighted by Gasteiger charge is -2.35. The zero-order chi connectivity index (χ0) is 19.7. The second-order valence-corrected chi connectivity index (χ2v) is 8.58. The molecule has 1 aromatic heterocycles. The monoisotopic (exact) mass is 399 g/mol. The predicted molar refractivity (Wildman–Crippen MR) is 107 cm³/mol. The molecule has 0 unspecified atom stereocenters. The Morgan fingerprint density at radius 2 is 2.11 bits per heavy atom. The molecule has 1 aromatic carbocycles. The number of amides is 2. The summed E-state index contributed by atoms with van der Waals surface area (Å²) in [5.41, 5.74) is 3.18. The quantitative estimate of drug-likeness (QED) is 0.782. The van der Waals surface area contributed by atoms with Gasteiger partial charge in [-0.3, -0.25) is 9.59 Å². The third kappa shape index (κ3) is 3.39. The van der Waals surface area contributed by atoms with Gasteiger partial charge < -0.3 is 15.3 Å². The van der Waals surface area contributed by atoms with E-state index in [1.807, 2.05) is 22.4 Å². The van der Waals surface area contributed by atoms with Crippen LogP contribution >= 0.6 is 11.3 Å². The summed E-state index contributed by atoms with van der Waals surface area (Å²) in [4.78, 5) is 31.9. The van der Waals surface area contributed by atoms with Crippen LogP contribution in [0.4, 0.5) is 0 Å². The van der Waals surface area contributed by atoms with E-state index in [2.05, 4.69) is 10.3 Å². The van der Waals surface area contributed by atoms with Crippen LogP contribution in [0.3, 0.4) is 0 Å². The molecule has 6 nitrogen and oxygen atoms in total. The van der Waals surface area contributed by atoms with Crippen LogP contribution < -0.4 is 5.32 Å². The number of nitrogens with one attached hydrogen (secondary N) is 1. The Bertz CT molecular complexity index is 852. The van der Waals surface area contributed by atoms with Crippen LogP contribution in [0.25, 0.3) is 0 Å². The number of hydrogen-bond acceptors (Lipinski definition) is 5. The molecule has 2 aromatic rings. The number of aromatic hydroxyl groups is 1. The van der Waals surface area contributed by atoms with E-state index < -0.39 is 5.41 Å². The fourth-order valence-corrected chi connectivity index (χ4v) is 5.54. The standard InChI is InChI=1S/C21H25N3O3S/c1-14(25)24-17-4-7-19(24)21(11-17,10-16-12-28-13-23-16)20(27)22-9-8-15-2-5-18(26)6-3-15/h2-3,5-6,12-13,17,19,26H,4,7-11H2,1H3,(H,22,27)/t17-,19+,21+/m1/s1. The highest BCUT2D eigenvalue weighted by Crippen LogP contribution is 2.51. The van der Waals surface area contributed by atoms with Crippen molar-refractivity contribution in [1.82, 2.24) is 15.2 Å². The molecule has 0 radical (unpaired) electrons. The maximum atomic E-state index is 13.4. The minimum Gasteiger partial charge on any atom is -0.508 e. The smallest absolute Gasteiger partial charge is 0.228 e. The van der Waals surface area contributed by atoms with Crippen LogP contribution in [0.2, 0.25) is 0 Å². The normalized spacial score (nSPS) is 25.8. The van der Waals surface area contributed by atoms with Crippen molar-refractivity contribution < 1.29 is 14.7 Å². The van der Waals surface area contributed by atoms with Gasteiger partial charge in [-0.05, 0) is 43.4 Å². The second-order valence-electron chi connectivity index (χ2n) is 7.86. The summed E-state index contributed by atoms with van der Waals surface area (Å²) in [6.45, 7) is 2.13. The van der Waals surface area contributed by atoms with E-state index >= 15 is 0 Å². The van der Waals surface area contributed by atoms with Crippen molar-refractivity contribution in [2.45, 2.75) is 51.1 Å². The van der Waals surface area contributed by atoms with Gasteiger partial charge in [0.05, 0.1) is 16.6 Å². The van der Waals surface area contributed by atoms with E-state index in [0.717, 1.165) is 24.1 Å². The highest BCUT2D eigenvalue weighted by atomic mass is 32.1. The molecule has 28 heavy (non-hydrogen) atoms. The predicted octanol–water partition coefficient (Wildman–Crippen LogP) is 2.52. The number of phenolic OH excluding ortho intramolecular Hbond substituents is 1. The minimum absolute atomic E-state index is 0.0257. The highest BCUT2D eigenvalue weighted by molar-refractivity contribution is 7.07. The van der Waals surface area contributed by atoms with Gasteiger partial charge in [0.1, 0.15) is 5.75 Å². The summed E-state index contributed by atoms with van der Waals surface area (Å²) in [6.07, 6.45) is 3.83. The van der Waals surface area contributed by atoms with Gasteiger partial charge in [0, 0.05) is 37.4 Å². The third-order valence-electron chi connectivity index (χ3n) is 6.17. The molecule has 3 atom stereocenters. The van der Waals surface area contributed by atoms with E-state index in [0.29, 0.717) is 25.8 Å². The molecule has 2 N–H and O–H groups in total. The van der Waals surface area contributed by atoms with Crippen LogP contribution in [-0.2, 0) is 22.4 Å². The minimum atomic E-state index is -0.600. The number of aromatic nitrogens is 1. The van der Waals surface area contributed by atoms with Gasteiger partial charge >= 0.3 is 0 Å². The number of benzene rings is 1. The number of thiazole rings is 1. The average Bonchev–Trinajstić information content (AvgIpc) is 3.39. The summed E-state index contributed by atoms with van der Waals surface area (Å²) in [6, 6.07) is 7.14. The molecule has 0 spiro atoms. The van der Waals surface area contributed by atoms with Gasteiger partial charge in [-0.1, -0.05) is 12.1 Å². The number of rotatable bonds is 6. The molecule has 2 bridgehead atoms. The molecule has 2 aliphatic heterocycles. The van der Waals surface area contributed by atoms with Crippen LogP contribution in [0.5, 0.6) is 5.75 Å². The van der Waals surface area contributed by atoms with Gasteiger partial charge in [0.25, 0.3) is 0 Å². The summed E-state index contributed by atoms with van der Waals surface area (Å²) in [7, 11) is 0. The molecule has 3 heterocycles. The van der Waals surface area contributed by atoms with Crippen molar-refractivity contribution >= 4 is 23.2 Å². The Labute approximate surface area is 168 Å². The maximum Gasteiger partial charge on any atom is 0.228 e. The molecule has 4 rings (SSSR count). The van der Waals surface area contributed by atoms with Crippen LogP contribution in [0.15, 0.2) is 35.2 Å². The van der Waals surface area contributed by atoms with Crippen molar-refractivity contribution in [1.29, 1.82) is 0 Å². The lowest BCUT2D eigenvalue weighted by atomic mass is 9.70. The highest BCUT2D eigenvalue weighted by Gasteiger charge is 2.60. The molecular weight excluding hydrogens is 374 g/mol. The van der Waals surface area contributed by atoms with Crippen LogP contribution in [0, 0.1) is 5.41 Å². The topological polar surface area (TPSA) is 82.5 Å². The van der Waals surface area contributed by atoms with Crippen LogP contribution in [0.1, 0.15) is 37.4 Å². The molecule has 2 saturated heterocycles. The molecule has 0 saturated carbocycles. The second kappa shape index (κ2) is 7.54. The largest absolute Gasteiger partial charge is 0.508 e. The Morgan fingerprint density at radius 3 is 2.75 bits per heavy atom. The fourth-order valence-electron chi connectivity index (χ4n) is 4.98. The lowest BCUT2D eigenvalue weighted by Crippen LogP contribution is -2.51. The van der Waals surface area contributed by atoms with Crippen molar-refractivity contribution in [3.8, 4) is 5.75 Å². The SMILES string of the molecule is CC(=O)N1[C@@H]2CC[C@H]1[C@@](Cc1cscn1)(C(=O)NCCc1ccc(O)cc1)C2. The average molecular weight is 400 g/mol. The molecule has 148 valence electrons. The Hall–Kier alpha value is -2.41. The zero-order valence-electron chi connectivity index (χ0n) is 15.9. The van der Waals surface area contributed by atoms with Gasteiger partial charge in [-0.2, -0.15) is 0 Å². The van der Waals surface area contributed by atoms with E-state index in [-0.39, 0.29) is 29.6 Å². The molecular formula is C21H25N3O3S. The molecule has 2 amide bonds. The van der Waals surface area contributed by atoms with Crippen molar-refractivity contribution in [3.63, 3.8) is 0 Å². The van der Waals surface area contributed by atoms with E-state index in [9.17, 15) is 14.7 Å². The number of nitrogens with zero attached hydrogens (tertiary/aromatic N) is 2. The molecule has 0 aliphatic carbocycles. The number of carbonyl (C=O) groups excluding carboxylic acids is 2. The summed E-state index contributed by atoms with van der Waals surface area (Å²) < 4.78 is 0. The molecule has 2 aliphatic rings. The Morgan fingerprint density at radius 1 is 1.32 bits per heavy atom. The van der Waals surface area contributed by atoms with Crippen molar-refractivity contribution in [3.05, 3.63) is 46.4 Å². The first-order chi connectivity index (χ1) is 13.5. The number of fused-ring (bicyclic) bond motifs is 2. The first-order valence-electron chi connectivity index (χ1n) is 9.72. The van der Waals surface area contributed by atoms with Crippen molar-refractivity contribution in [2.75, 3.05) is 6.54 Å². The summed E-state index contributed by atoms with van der Waals surface area (Å²) >= 11 is 1.53. The summed E-state index contributed by atoms with van der Waals surface area (Å²) in [5, 5.41) is 14.5. The maximum absolute atomic E-state index is 13.4. The van der Waals surface area contributed by atoms with Gasteiger partial charge in [0.2, 0.25) is 11.8 Å². The van der Waals surface area contributed by atoms with E-state index in [1.54, 1.807) is 24.6 Å². The summed E-state index contributed by atoms with van der Waals surface area (Å²) in [5.74, 6) is 0.323. The Balaban J connectivity index is 1.50. The third-order valence-corrected chi connectivity index (χ3v) is 6.81. The zero-order valence-corrected chi connectivity index (χ0v) is 16.7. The lowest BCUT2D eigenvalue weighted by molar-refractivity contribution is -0.135. The molecule has 2 fully saturated rings. The van der Waals surface area contributed by atoms with E-state index in [4.69, 9.17) is 0 Å². The molecule has 7 heteroatoms. The van der Waals surface area contributed by atoms with Gasteiger partial charge in [0.15, 0.2) is 0 Å². The Kier molecular flexibility index (Phi) is 5.10. The number of carbonyl (C=O) groups is 2. The van der Waals surface area contributed by atoms with Crippen molar-refractivity contribution in [2.24, 2.45) is 5.41 Å². The van der Waals surface area contributed by atoms with Gasteiger partial charge in [-0.15, -0.1) is 11.3 Å². The fraction of sp³-hybridized carbons (Fsp3) is 0.476. The number of hydrogen-bond donors (Lipinski definition) is 2. The van der Waals surface area contributed by atoms with E-state index in [1.165, 1.54) is 11.3 Å².